The van der Waals surface area contributed by atoms with E-state index >= 15 is 0 Å². The second-order valence-corrected chi connectivity index (χ2v) is 5.58. The number of benzene rings is 1. The van der Waals surface area contributed by atoms with Crippen LogP contribution in [-0.4, -0.2) is 43.7 Å². The summed E-state index contributed by atoms with van der Waals surface area (Å²) in [5.74, 6) is -0.158. The van der Waals surface area contributed by atoms with Crippen LogP contribution in [0.4, 0.5) is 5.69 Å². The Hall–Kier alpha value is -1.97. The molecule has 1 aromatic carbocycles. The Bertz CT molecular complexity index is 547. The number of para-hydroxylation sites is 1. The predicted molar refractivity (Wildman–Crippen MR) is 84.1 cm³/mol. The molecule has 0 atom stereocenters. The maximum absolute atomic E-state index is 11.8. The quantitative estimate of drug-likeness (QED) is 0.796. The molecule has 0 saturated carbocycles. The van der Waals surface area contributed by atoms with Gasteiger partial charge in [0.05, 0.1) is 6.61 Å². The van der Waals surface area contributed by atoms with E-state index in [1.807, 2.05) is 13.0 Å². The van der Waals surface area contributed by atoms with Crippen LogP contribution in [-0.2, 0) is 9.53 Å². The van der Waals surface area contributed by atoms with Crippen molar-refractivity contribution >= 4 is 17.2 Å². The van der Waals surface area contributed by atoms with E-state index < -0.39 is 0 Å². The van der Waals surface area contributed by atoms with Gasteiger partial charge < -0.3 is 14.5 Å². The first-order valence-electron chi connectivity index (χ1n) is 7.72. The number of fused-ring (bicyclic) bond motifs is 1. The lowest BCUT2D eigenvalue weighted by molar-refractivity contribution is -0.141. The third-order valence-corrected chi connectivity index (χ3v) is 4.06. The third kappa shape index (κ3) is 3.04. The maximum atomic E-state index is 11.8. The molecule has 21 heavy (non-hydrogen) atoms. The Morgan fingerprint density at radius 3 is 2.81 bits per heavy atom. The highest BCUT2D eigenvalue weighted by Gasteiger charge is 2.26. The number of esters is 1. The highest BCUT2D eigenvalue weighted by molar-refractivity contribution is 5.88. The average Bonchev–Trinajstić information content (AvgIpc) is 3.09. The van der Waals surface area contributed by atoms with Gasteiger partial charge in [0.15, 0.2) is 0 Å². The van der Waals surface area contributed by atoms with Gasteiger partial charge in [0.25, 0.3) is 0 Å². The van der Waals surface area contributed by atoms with E-state index in [4.69, 9.17) is 4.74 Å². The van der Waals surface area contributed by atoms with Crippen LogP contribution in [0, 0.1) is 0 Å². The number of anilines is 1. The van der Waals surface area contributed by atoms with E-state index in [1.165, 1.54) is 24.0 Å². The summed E-state index contributed by atoms with van der Waals surface area (Å²) >= 11 is 0. The molecule has 4 heteroatoms. The molecule has 0 bridgehead atoms. The van der Waals surface area contributed by atoms with Crippen LogP contribution in [0.2, 0.25) is 0 Å². The fraction of sp³-hybridized carbons (Fsp3) is 0.471. The van der Waals surface area contributed by atoms with Crippen molar-refractivity contribution < 1.29 is 9.53 Å². The molecule has 3 rings (SSSR count). The number of carbonyl (C=O) groups is 1. The molecular weight excluding hydrogens is 264 g/mol. The van der Waals surface area contributed by atoms with Crippen molar-refractivity contribution in [3.05, 3.63) is 36.0 Å². The predicted octanol–water partition coefficient (Wildman–Crippen LogP) is 2.51. The number of nitrogens with zero attached hydrogens (tertiary/aromatic N) is 2. The zero-order chi connectivity index (χ0) is 14.7. The van der Waals surface area contributed by atoms with E-state index in [0.29, 0.717) is 13.2 Å². The molecule has 0 aliphatic carbocycles. The molecule has 0 radical (unpaired) electrons. The van der Waals surface area contributed by atoms with Crippen molar-refractivity contribution in [2.45, 2.75) is 19.8 Å². The summed E-state index contributed by atoms with van der Waals surface area (Å²) in [6.07, 6.45) is 4.83. The van der Waals surface area contributed by atoms with E-state index in [0.717, 1.165) is 25.3 Å². The molecule has 1 fully saturated rings. The number of rotatable bonds is 4. The summed E-state index contributed by atoms with van der Waals surface area (Å²) in [4.78, 5) is 16.3. The second-order valence-electron chi connectivity index (χ2n) is 5.58. The Balaban J connectivity index is 1.80. The van der Waals surface area contributed by atoms with Crippen molar-refractivity contribution in [3.8, 4) is 0 Å². The first-order valence-corrected chi connectivity index (χ1v) is 7.72. The fourth-order valence-electron chi connectivity index (χ4n) is 3.10. The summed E-state index contributed by atoms with van der Waals surface area (Å²) in [6.45, 7) is 5.67. The fourth-order valence-corrected chi connectivity index (χ4v) is 3.10. The van der Waals surface area contributed by atoms with Gasteiger partial charge in [-0.1, -0.05) is 18.2 Å². The van der Waals surface area contributed by atoms with Crippen molar-refractivity contribution in [2.75, 3.05) is 37.7 Å². The molecule has 2 aliphatic rings. The number of carbonyl (C=O) groups excluding carboxylic acids is 1. The highest BCUT2D eigenvalue weighted by atomic mass is 16.5. The minimum atomic E-state index is -0.158. The second kappa shape index (κ2) is 6.20. The largest absolute Gasteiger partial charge is 0.465 e. The smallest absolute Gasteiger partial charge is 0.325 e. The van der Waals surface area contributed by atoms with Crippen molar-refractivity contribution in [3.63, 3.8) is 0 Å². The monoisotopic (exact) mass is 286 g/mol. The van der Waals surface area contributed by atoms with Crippen LogP contribution in [0.15, 0.2) is 30.5 Å². The van der Waals surface area contributed by atoms with Crippen molar-refractivity contribution in [2.24, 2.45) is 0 Å². The van der Waals surface area contributed by atoms with E-state index in [2.05, 4.69) is 34.2 Å². The SMILES string of the molecule is CCOC(=O)CN1CC(=CN2CCCC2)c2ccccc21. The Labute approximate surface area is 126 Å². The van der Waals surface area contributed by atoms with Gasteiger partial charge in [-0.05, 0) is 31.4 Å². The summed E-state index contributed by atoms with van der Waals surface area (Å²) in [5.41, 5.74) is 3.68. The number of likely N-dealkylation sites (tertiary alicyclic amines) is 1. The summed E-state index contributed by atoms with van der Waals surface area (Å²) in [6, 6.07) is 8.31. The topological polar surface area (TPSA) is 32.8 Å². The van der Waals surface area contributed by atoms with Crippen molar-refractivity contribution in [1.29, 1.82) is 0 Å². The molecule has 0 unspecified atom stereocenters. The van der Waals surface area contributed by atoms with Gasteiger partial charge in [-0.2, -0.15) is 0 Å². The number of ether oxygens (including phenoxy) is 1. The van der Waals surface area contributed by atoms with E-state index in [1.54, 1.807) is 0 Å². The first-order chi connectivity index (χ1) is 10.3. The molecule has 112 valence electrons. The number of hydrogen-bond donors (Lipinski definition) is 0. The first kappa shape index (κ1) is 14.0. The third-order valence-electron chi connectivity index (χ3n) is 4.06. The molecular formula is C17H22N2O2. The zero-order valence-corrected chi connectivity index (χ0v) is 12.5. The van der Waals surface area contributed by atoms with Gasteiger partial charge in [0, 0.05) is 37.1 Å². The molecule has 2 heterocycles. The summed E-state index contributed by atoms with van der Waals surface area (Å²) in [7, 11) is 0. The lowest BCUT2D eigenvalue weighted by Crippen LogP contribution is -2.29. The Kier molecular flexibility index (Phi) is 4.13. The van der Waals surface area contributed by atoms with Gasteiger partial charge in [0.2, 0.25) is 0 Å². The Morgan fingerprint density at radius 2 is 2.05 bits per heavy atom. The number of hydrogen-bond acceptors (Lipinski definition) is 4. The van der Waals surface area contributed by atoms with Crippen LogP contribution in [0.5, 0.6) is 0 Å². The van der Waals surface area contributed by atoms with Crippen LogP contribution in [0.3, 0.4) is 0 Å². The summed E-state index contributed by atoms with van der Waals surface area (Å²) in [5, 5.41) is 0. The van der Waals surface area contributed by atoms with Crippen LogP contribution < -0.4 is 4.90 Å². The van der Waals surface area contributed by atoms with Crippen LogP contribution in [0.1, 0.15) is 25.3 Å². The lowest BCUT2D eigenvalue weighted by Gasteiger charge is -2.17. The van der Waals surface area contributed by atoms with Crippen LogP contribution >= 0.6 is 0 Å². The molecule has 1 saturated heterocycles. The molecule has 0 amide bonds. The van der Waals surface area contributed by atoms with Gasteiger partial charge >= 0.3 is 5.97 Å². The molecule has 0 N–H and O–H groups in total. The van der Waals surface area contributed by atoms with Crippen LogP contribution in [0.25, 0.3) is 5.57 Å². The van der Waals surface area contributed by atoms with Gasteiger partial charge in [-0.3, -0.25) is 4.79 Å². The minimum Gasteiger partial charge on any atom is -0.465 e. The molecule has 0 spiro atoms. The minimum absolute atomic E-state index is 0.158. The van der Waals surface area contributed by atoms with Gasteiger partial charge in [-0.25, -0.2) is 0 Å². The standard InChI is InChI=1S/C17H22N2O2/c1-2-21-17(20)13-19-12-14(11-18-9-5-6-10-18)15-7-3-4-8-16(15)19/h3-4,7-8,11H,2,5-6,9-10,12-13H2,1H3. The summed E-state index contributed by atoms with van der Waals surface area (Å²) < 4.78 is 5.08. The maximum Gasteiger partial charge on any atom is 0.325 e. The zero-order valence-electron chi connectivity index (χ0n) is 12.5. The van der Waals surface area contributed by atoms with E-state index in [-0.39, 0.29) is 5.97 Å². The lowest BCUT2D eigenvalue weighted by atomic mass is 10.1. The average molecular weight is 286 g/mol. The van der Waals surface area contributed by atoms with E-state index in [9.17, 15) is 4.79 Å². The van der Waals surface area contributed by atoms with Gasteiger partial charge in [-0.15, -0.1) is 0 Å². The molecule has 4 nitrogen and oxygen atoms in total. The molecule has 2 aliphatic heterocycles. The molecule has 0 aromatic heterocycles. The van der Waals surface area contributed by atoms with Gasteiger partial charge in [0.1, 0.15) is 6.54 Å². The molecule has 1 aromatic rings. The van der Waals surface area contributed by atoms with Crippen molar-refractivity contribution in [1.82, 2.24) is 4.90 Å². The normalized spacial score (nSPS) is 19.2. The Morgan fingerprint density at radius 1 is 1.29 bits per heavy atom. The highest BCUT2D eigenvalue weighted by Crippen LogP contribution is 2.35.